The van der Waals surface area contributed by atoms with Crippen molar-refractivity contribution in [3.8, 4) is 0 Å². The number of hydrogen-bond acceptors (Lipinski definition) is 4. The van der Waals surface area contributed by atoms with Gasteiger partial charge < -0.3 is 15.2 Å². The maximum Gasteiger partial charge on any atom is 0.126 e. The molecule has 2 N–H and O–H groups in total. The van der Waals surface area contributed by atoms with Crippen molar-refractivity contribution in [3.63, 3.8) is 0 Å². The lowest BCUT2D eigenvalue weighted by molar-refractivity contribution is -0.174. The predicted molar refractivity (Wildman–Crippen MR) is 139 cm³/mol. The van der Waals surface area contributed by atoms with E-state index >= 15 is 0 Å². The summed E-state index contributed by atoms with van der Waals surface area (Å²) in [7, 11) is 0. The van der Waals surface area contributed by atoms with Crippen LogP contribution in [0.1, 0.15) is 61.9 Å². The smallest absolute Gasteiger partial charge is 0.126 e. The first-order chi connectivity index (χ1) is 17.1. The number of para-hydroxylation sites is 1. The van der Waals surface area contributed by atoms with Gasteiger partial charge in [0.05, 0.1) is 12.7 Å². The number of nitrogens with zero attached hydrogens (tertiary/aromatic N) is 3. The van der Waals surface area contributed by atoms with E-state index in [1.807, 2.05) is 0 Å². The second kappa shape index (κ2) is 8.31. The summed E-state index contributed by atoms with van der Waals surface area (Å²) in [5.41, 5.74) is 5.78. The van der Waals surface area contributed by atoms with E-state index < -0.39 is 0 Å². The molecule has 8 rings (SSSR count). The molecule has 0 spiro atoms. The van der Waals surface area contributed by atoms with E-state index in [0.717, 1.165) is 44.2 Å². The molecule has 5 nitrogen and oxygen atoms in total. The van der Waals surface area contributed by atoms with Crippen molar-refractivity contribution in [1.29, 1.82) is 0 Å². The molecule has 1 saturated heterocycles. The summed E-state index contributed by atoms with van der Waals surface area (Å²) in [6, 6.07) is 14.4. The second-order valence-electron chi connectivity index (χ2n) is 11.6. The summed E-state index contributed by atoms with van der Waals surface area (Å²) in [5, 5.41) is 5.01. The first-order valence-corrected chi connectivity index (χ1v) is 13.5. The van der Waals surface area contributed by atoms with Gasteiger partial charge >= 0.3 is 0 Å². The Bertz CT molecular complexity index is 1200. The zero-order valence-corrected chi connectivity index (χ0v) is 20.6. The van der Waals surface area contributed by atoms with Gasteiger partial charge in [-0.1, -0.05) is 24.3 Å². The first-order valence-electron chi connectivity index (χ1n) is 13.5. The van der Waals surface area contributed by atoms with Gasteiger partial charge in [-0.2, -0.15) is 0 Å². The van der Waals surface area contributed by atoms with Crippen molar-refractivity contribution in [2.75, 3.05) is 31.6 Å². The molecule has 2 aromatic heterocycles. The quantitative estimate of drug-likeness (QED) is 0.489. The SMILES string of the molecule is C[C@@H]1Cc2c([nH]c3ccccc23)[C@@H](c2ccc(N[C@H]3CCN(CCCF)C3)nc2)N1C12CC(C1)C2. The molecule has 3 aliphatic carbocycles. The summed E-state index contributed by atoms with van der Waals surface area (Å²) in [6.45, 7) is 5.06. The molecule has 3 saturated carbocycles. The number of pyridine rings is 1. The summed E-state index contributed by atoms with van der Waals surface area (Å²) in [5.74, 6) is 1.90. The van der Waals surface area contributed by atoms with E-state index in [4.69, 9.17) is 4.98 Å². The van der Waals surface area contributed by atoms with Crippen molar-refractivity contribution in [2.45, 2.75) is 69.1 Å². The number of benzene rings is 1. The van der Waals surface area contributed by atoms with Crippen LogP contribution in [0.25, 0.3) is 10.9 Å². The molecule has 184 valence electrons. The third-order valence-electron chi connectivity index (χ3n) is 9.26. The van der Waals surface area contributed by atoms with E-state index in [0.29, 0.717) is 24.0 Å². The Hall–Kier alpha value is -2.44. The first kappa shape index (κ1) is 21.8. The lowest BCUT2D eigenvalue weighted by Crippen LogP contribution is -2.71. The molecule has 1 aromatic carbocycles. The fourth-order valence-corrected chi connectivity index (χ4v) is 7.58. The largest absolute Gasteiger partial charge is 0.366 e. The average molecular weight is 474 g/mol. The van der Waals surface area contributed by atoms with Gasteiger partial charge in [0.25, 0.3) is 0 Å². The monoisotopic (exact) mass is 473 g/mol. The minimum absolute atomic E-state index is 0.228. The molecule has 6 heteroatoms. The second-order valence-corrected chi connectivity index (χ2v) is 11.6. The Kier molecular flexibility index (Phi) is 5.18. The number of anilines is 1. The Balaban J connectivity index is 1.18. The number of likely N-dealkylation sites (tertiary alicyclic amines) is 1. The van der Waals surface area contributed by atoms with E-state index in [1.54, 1.807) is 0 Å². The van der Waals surface area contributed by atoms with Crippen LogP contribution < -0.4 is 5.32 Å². The molecular formula is C29H36FN5. The standard InChI is InChI=1S/C29H36FN5/c1-19-13-24-23-5-2-3-6-25(23)33-27(24)28(35(19)29-14-20(15-29)16-29)21-7-8-26(31-17-21)32-22-9-12-34(18-22)11-4-10-30/h2-3,5-8,17,19-20,22,28,33H,4,9-16,18H2,1H3,(H,31,32)/t19-,20?,22+,28-,29?/m1/s1. The Morgan fingerprint density at radius 1 is 1.17 bits per heavy atom. The van der Waals surface area contributed by atoms with Crippen LogP contribution in [0.2, 0.25) is 0 Å². The number of aromatic nitrogens is 2. The Morgan fingerprint density at radius 3 is 2.77 bits per heavy atom. The normalized spacial score (nSPS) is 32.3. The van der Waals surface area contributed by atoms with Crippen molar-refractivity contribution >= 4 is 16.7 Å². The van der Waals surface area contributed by atoms with E-state index in [-0.39, 0.29) is 12.7 Å². The zero-order valence-electron chi connectivity index (χ0n) is 20.6. The van der Waals surface area contributed by atoms with E-state index in [2.05, 4.69) is 69.6 Å². The van der Waals surface area contributed by atoms with Crippen molar-refractivity contribution in [3.05, 3.63) is 59.4 Å². The highest BCUT2D eigenvalue weighted by Gasteiger charge is 2.63. The Morgan fingerprint density at radius 2 is 2.03 bits per heavy atom. The van der Waals surface area contributed by atoms with Crippen LogP contribution in [0.15, 0.2) is 42.6 Å². The van der Waals surface area contributed by atoms with Gasteiger partial charge in [0.2, 0.25) is 0 Å². The number of halogens is 1. The third kappa shape index (κ3) is 3.52. The van der Waals surface area contributed by atoms with Gasteiger partial charge in [-0.25, -0.2) is 4.98 Å². The van der Waals surface area contributed by atoms with Crippen molar-refractivity contribution in [1.82, 2.24) is 19.8 Å². The number of hydrogen-bond donors (Lipinski definition) is 2. The maximum absolute atomic E-state index is 12.5. The van der Waals surface area contributed by atoms with Gasteiger partial charge in [-0.05, 0) is 74.6 Å². The van der Waals surface area contributed by atoms with Gasteiger partial charge in [0.15, 0.2) is 0 Å². The van der Waals surface area contributed by atoms with Crippen LogP contribution in [0.5, 0.6) is 0 Å². The zero-order chi connectivity index (χ0) is 23.6. The lowest BCUT2D eigenvalue weighted by atomic mass is 9.48. The van der Waals surface area contributed by atoms with Crippen molar-refractivity contribution in [2.24, 2.45) is 5.92 Å². The van der Waals surface area contributed by atoms with Crippen LogP contribution >= 0.6 is 0 Å². The molecule has 4 heterocycles. The number of alkyl halides is 1. The molecule has 5 aliphatic rings. The fraction of sp³-hybridized carbons (Fsp3) is 0.552. The molecule has 35 heavy (non-hydrogen) atoms. The highest BCUT2D eigenvalue weighted by Crippen LogP contribution is 2.64. The third-order valence-corrected chi connectivity index (χ3v) is 9.26. The molecule has 3 aromatic rings. The molecular weight excluding hydrogens is 437 g/mol. The average Bonchev–Trinajstić information content (AvgIpc) is 3.41. The Labute approximate surface area is 207 Å². The van der Waals surface area contributed by atoms with Gasteiger partial charge in [0.1, 0.15) is 5.82 Å². The fourth-order valence-electron chi connectivity index (χ4n) is 7.58. The summed E-state index contributed by atoms with van der Waals surface area (Å²) < 4.78 is 12.5. The van der Waals surface area contributed by atoms with Crippen LogP contribution in [0.4, 0.5) is 10.2 Å². The van der Waals surface area contributed by atoms with Gasteiger partial charge in [0, 0.05) is 60.1 Å². The molecule has 0 radical (unpaired) electrons. The van der Waals surface area contributed by atoms with Crippen molar-refractivity contribution < 1.29 is 4.39 Å². The molecule has 2 bridgehead atoms. The number of nitrogens with one attached hydrogen (secondary N) is 2. The van der Waals surface area contributed by atoms with Crippen LogP contribution in [0, 0.1) is 5.92 Å². The van der Waals surface area contributed by atoms with Crippen LogP contribution in [0.3, 0.4) is 0 Å². The number of H-pyrrole nitrogens is 1. The molecule has 3 atom stereocenters. The molecule has 0 unspecified atom stereocenters. The summed E-state index contributed by atoms with van der Waals surface area (Å²) in [6.07, 6.45) is 9.01. The summed E-state index contributed by atoms with van der Waals surface area (Å²) in [4.78, 5) is 13.9. The van der Waals surface area contributed by atoms with Crippen LogP contribution in [-0.4, -0.2) is 63.7 Å². The molecule has 0 amide bonds. The lowest BCUT2D eigenvalue weighted by Gasteiger charge is -2.70. The minimum Gasteiger partial charge on any atom is -0.366 e. The molecule has 4 fully saturated rings. The number of aromatic amines is 1. The summed E-state index contributed by atoms with van der Waals surface area (Å²) >= 11 is 0. The van der Waals surface area contributed by atoms with E-state index in [9.17, 15) is 4.39 Å². The molecule has 2 aliphatic heterocycles. The van der Waals surface area contributed by atoms with Gasteiger partial charge in [-0.15, -0.1) is 0 Å². The minimum atomic E-state index is -0.228. The maximum atomic E-state index is 12.5. The number of fused-ring (bicyclic) bond motifs is 3. The topological polar surface area (TPSA) is 47.2 Å². The van der Waals surface area contributed by atoms with Crippen LogP contribution in [-0.2, 0) is 6.42 Å². The highest BCUT2D eigenvalue weighted by molar-refractivity contribution is 5.85. The van der Waals surface area contributed by atoms with E-state index in [1.165, 1.54) is 47.0 Å². The van der Waals surface area contributed by atoms with Gasteiger partial charge in [-0.3, -0.25) is 9.29 Å². The highest BCUT2D eigenvalue weighted by atomic mass is 19.1. The number of rotatable bonds is 7. The predicted octanol–water partition coefficient (Wildman–Crippen LogP) is 5.30.